The van der Waals surface area contributed by atoms with Crippen molar-refractivity contribution in [1.29, 1.82) is 0 Å². The van der Waals surface area contributed by atoms with Gasteiger partial charge in [0, 0.05) is 26.1 Å². The highest BCUT2D eigenvalue weighted by Gasteiger charge is 2.22. The number of benzene rings is 2. The molecule has 140 valence electrons. The summed E-state index contributed by atoms with van der Waals surface area (Å²) in [6.07, 6.45) is 3.10. The van der Waals surface area contributed by atoms with Crippen molar-refractivity contribution in [3.05, 3.63) is 53.9 Å². The number of rotatable bonds is 5. The molecule has 4 rings (SSSR count). The number of carbonyl (C=O) groups is 1. The van der Waals surface area contributed by atoms with Gasteiger partial charge in [-0.3, -0.25) is 4.79 Å². The minimum Gasteiger partial charge on any atom is -0.493 e. The Balaban J connectivity index is 1.45. The maximum Gasteiger partial charge on any atom is 0.224 e. The fourth-order valence-corrected chi connectivity index (χ4v) is 3.66. The van der Waals surface area contributed by atoms with Crippen molar-refractivity contribution in [2.24, 2.45) is 0 Å². The van der Waals surface area contributed by atoms with Crippen molar-refractivity contribution in [3.8, 4) is 11.5 Å². The molecule has 0 atom stereocenters. The summed E-state index contributed by atoms with van der Waals surface area (Å²) in [7, 11) is 3.27. The molecular weight excluding hydrogens is 342 g/mol. The highest BCUT2D eigenvalue weighted by molar-refractivity contribution is 5.78. The Kier molecular flexibility index (Phi) is 4.71. The standard InChI is InChI=1S/C21H23N3O3/c1-26-19-11-15-7-9-23(13-16(15)12-20(19)27-2)21(25)8-10-24-14-22-17-5-3-4-6-18(17)24/h3-6,11-12,14H,7-10,13H2,1-2H3. The van der Waals surface area contributed by atoms with Crippen LogP contribution in [0.1, 0.15) is 17.5 Å². The highest BCUT2D eigenvalue weighted by atomic mass is 16.5. The molecule has 0 saturated heterocycles. The number of ether oxygens (including phenoxy) is 2. The molecule has 27 heavy (non-hydrogen) atoms. The van der Waals surface area contributed by atoms with E-state index in [-0.39, 0.29) is 5.91 Å². The molecule has 1 amide bonds. The lowest BCUT2D eigenvalue weighted by molar-refractivity contribution is -0.132. The topological polar surface area (TPSA) is 56.6 Å². The molecule has 0 unspecified atom stereocenters. The van der Waals surface area contributed by atoms with Crippen LogP contribution >= 0.6 is 0 Å². The second-order valence-corrected chi connectivity index (χ2v) is 6.72. The zero-order valence-corrected chi connectivity index (χ0v) is 15.6. The fourth-order valence-electron chi connectivity index (χ4n) is 3.66. The van der Waals surface area contributed by atoms with Crippen LogP contribution in [0, 0.1) is 0 Å². The molecule has 0 aliphatic carbocycles. The first-order chi connectivity index (χ1) is 13.2. The Morgan fingerprint density at radius 2 is 1.85 bits per heavy atom. The Morgan fingerprint density at radius 3 is 2.63 bits per heavy atom. The van der Waals surface area contributed by atoms with Crippen molar-refractivity contribution in [3.63, 3.8) is 0 Å². The zero-order chi connectivity index (χ0) is 18.8. The lowest BCUT2D eigenvalue weighted by Gasteiger charge is -2.29. The maximum atomic E-state index is 12.8. The summed E-state index contributed by atoms with van der Waals surface area (Å²) in [5.74, 6) is 1.60. The number of fused-ring (bicyclic) bond motifs is 2. The molecule has 2 heterocycles. The van der Waals surface area contributed by atoms with Crippen LogP contribution in [0.2, 0.25) is 0 Å². The number of amides is 1. The summed E-state index contributed by atoms with van der Waals surface area (Å²) in [4.78, 5) is 19.1. The Labute approximate surface area is 158 Å². The summed E-state index contributed by atoms with van der Waals surface area (Å²) < 4.78 is 12.8. The monoisotopic (exact) mass is 365 g/mol. The van der Waals surface area contributed by atoms with Crippen molar-refractivity contribution >= 4 is 16.9 Å². The second-order valence-electron chi connectivity index (χ2n) is 6.72. The summed E-state index contributed by atoms with van der Waals surface area (Å²) in [6, 6.07) is 12.0. The lowest BCUT2D eigenvalue weighted by Crippen LogP contribution is -2.36. The van der Waals surface area contributed by atoms with Gasteiger partial charge in [0.1, 0.15) is 0 Å². The van der Waals surface area contributed by atoms with E-state index in [1.54, 1.807) is 20.5 Å². The Hall–Kier alpha value is -3.02. The quantitative estimate of drug-likeness (QED) is 0.697. The molecule has 0 bridgehead atoms. The smallest absolute Gasteiger partial charge is 0.224 e. The van der Waals surface area contributed by atoms with Crippen LogP contribution in [0.25, 0.3) is 11.0 Å². The molecule has 6 heteroatoms. The van der Waals surface area contributed by atoms with Crippen molar-refractivity contribution in [2.45, 2.75) is 25.9 Å². The first kappa shape index (κ1) is 17.4. The van der Waals surface area contributed by atoms with Crippen LogP contribution in [-0.4, -0.2) is 41.1 Å². The third-order valence-electron chi connectivity index (χ3n) is 5.16. The molecule has 0 saturated carbocycles. The number of carbonyl (C=O) groups excluding carboxylic acids is 1. The maximum absolute atomic E-state index is 12.8. The van der Waals surface area contributed by atoms with Crippen LogP contribution in [0.5, 0.6) is 11.5 Å². The molecule has 0 fully saturated rings. The lowest BCUT2D eigenvalue weighted by atomic mass is 9.98. The van der Waals surface area contributed by atoms with E-state index in [0.29, 0.717) is 25.3 Å². The Morgan fingerprint density at radius 1 is 1.11 bits per heavy atom. The molecule has 3 aromatic rings. The molecule has 6 nitrogen and oxygen atoms in total. The number of imidazole rings is 1. The molecule has 0 N–H and O–H groups in total. The number of aryl methyl sites for hydroxylation is 1. The summed E-state index contributed by atoms with van der Waals surface area (Å²) in [5.41, 5.74) is 4.36. The van der Waals surface area contributed by atoms with Gasteiger partial charge in [-0.25, -0.2) is 4.98 Å². The van der Waals surface area contributed by atoms with E-state index in [1.165, 1.54) is 5.56 Å². The first-order valence-electron chi connectivity index (χ1n) is 9.11. The summed E-state index contributed by atoms with van der Waals surface area (Å²) >= 11 is 0. The van der Waals surface area contributed by atoms with E-state index in [2.05, 4.69) is 4.98 Å². The van der Waals surface area contributed by atoms with Crippen LogP contribution in [-0.2, 0) is 24.3 Å². The number of aromatic nitrogens is 2. The summed E-state index contributed by atoms with van der Waals surface area (Å²) in [5, 5.41) is 0. The van der Waals surface area contributed by atoms with E-state index in [1.807, 2.05) is 45.9 Å². The second kappa shape index (κ2) is 7.31. The molecule has 1 aliphatic rings. The van der Waals surface area contributed by atoms with E-state index < -0.39 is 0 Å². The van der Waals surface area contributed by atoms with Crippen LogP contribution < -0.4 is 9.47 Å². The van der Waals surface area contributed by atoms with Gasteiger partial charge in [-0.15, -0.1) is 0 Å². The van der Waals surface area contributed by atoms with Crippen LogP contribution in [0.15, 0.2) is 42.7 Å². The largest absolute Gasteiger partial charge is 0.493 e. The van der Waals surface area contributed by atoms with Gasteiger partial charge in [-0.2, -0.15) is 0 Å². The Bertz CT molecular complexity index is 980. The van der Waals surface area contributed by atoms with Crippen molar-refractivity contribution < 1.29 is 14.3 Å². The van der Waals surface area contributed by atoms with Gasteiger partial charge in [0.25, 0.3) is 0 Å². The average molecular weight is 365 g/mol. The average Bonchev–Trinajstić information content (AvgIpc) is 3.13. The van der Waals surface area contributed by atoms with Gasteiger partial charge >= 0.3 is 0 Å². The molecular formula is C21H23N3O3. The first-order valence-corrected chi connectivity index (χ1v) is 9.11. The van der Waals surface area contributed by atoms with Gasteiger partial charge in [0.2, 0.25) is 5.91 Å². The van der Waals surface area contributed by atoms with Gasteiger partial charge in [-0.1, -0.05) is 12.1 Å². The van der Waals surface area contributed by atoms with E-state index in [9.17, 15) is 4.79 Å². The number of hydrogen-bond acceptors (Lipinski definition) is 4. The minimum atomic E-state index is 0.160. The van der Waals surface area contributed by atoms with Gasteiger partial charge in [-0.05, 0) is 41.8 Å². The van der Waals surface area contributed by atoms with E-state index >= 15 is 0 Å². The molecule has 1 aromatic heterocycles. The highest BCUT2D eigenvalue weighted by Crippen LogP contribution is 2.33. The van der Waals surface area contributed by atoms with Gasteiger partial charge in [0.15, 0.2) is 11.5 Å². The van der Waals surface area contributed by atoms with E-state index in [4.69, 9.17) is 9.47 Å². The number of para-hydroxylation sites is 2. The third-order valence-corrected chi connectivity index (χ3v) is 5.16. The predicted molar refractivity (Wildman–Crippen MR) is 103 cm³/mol. The molecule has 1 aliphatic heterocycles. The minimum absolute atomic E-state index is 0.160. The molecule has 2 aromatic carbocycles. The van der Waals surface area contributed by atoms with Crippen LogP contribution in [0.4, 0.5) is 0 Å². The van der Waals surface area contributed by atoms with Crippen LogP contribution in [0.3, 0.4) is 0 Å². The third kappa shape index (κ3) is 3.35. The predicted octanol–water partition coefficient (Wildman–Crippen LogP) is 3.03. The van der Waals surface area contributed by atoms with Crippen molar-refractivity contribution in [2.75, 3.05) is 20.8 Å². The fraction of sp³-hybridized carbons (Fsp3) is 0.333. The number of methoxy groups -OCH3 is 2. The molecule has 0 radical (unpaired) electrons. The summed E-state index contributed by atoms with van der Waals surface area (Å²) in [6.45, 7) is 1.97. The normalized spacial score (nSPS) is 13.5. The number of nitrogens with zero attached hydrogens (tertiary/aromatic N) is 3. The molecule has 0 spiro atoms. The van der Waals surface area contributed by atoms with E-state index in [0.717, 1.165) is 35.3 Å². The zero-order valence-electron chi connectivity index (χ0n) is 15.6. The number of hydrogen-bond donors (Lipinski definition) is 0. The van der Waals surface area contributed by atoms with Crippen molar-refractivity contribution in [1.82, 2.24) is 14.5 Å². The van der Waals surface area contributed by atoms with Gasteiger partial charge < -0.3 is 18.9 Å². The van der Waals surface area contributed by atoms with Gasteiger partial charge in [0.05, 0.1) is 31.6 Å². The SMILES string of the molecule is COc1cc2c(cc1OC)CN(C(=O)CCn1cnc3ccccc31)CC2.